The molecule has 0 bridgehead atoms. The standard InChI is InChI=1S/C13H13BrN6OS2/c14-8-5-10(22-6-8)12-15-11(21-17-12)7-23-13-16-18-19-20(13)9-3-1-2-4-9/h5-6,9H,1-4,7H2. The molecule has 3 aromatic rings. The first-order chi connectivity index (χ1) is 11.3. The number of tetrazole rings is 1. The average molecular weight is 413 g/mol. The van der Waals surface area contributed by atoms with E-state index in [1.54, 1.807) is 11.3 Å². The largest absolute Gasteiger partial charge is 0.338 e. The van der Waals surface area contributed by atoms with Gasteiger partial charge in [-0.05, 0) is 45.3 Å². The van der Waals surface area contributed by atoms with Crippen molar-refractivity contribution < 1.29 is 4.52 Å². The Bertz CT molecular complexity index is 794. The molecule has 0 N–H and O–H groups in total. The van der Waals surface area contributed by atoms with Gasteiger partial charge in [0.2, 0.25) is 16.9 Å². The predicted octanol–water partition coefficient (Wildman–Crippen LogP) is 3.95. The van der Waals surface area contributed by atoms with Gasteiger partial charge in [-0.3, -0.25) is 0 Å². The molecule has 10 heteroatoms. The van der Waals surface area contributed by atoms with Crippen molar-refractivity contribution in [3.63, 3.8) is 0 Å². The summed E-state index contributed by atoms with van der Waals surface area (Å²) in [4.78, 5) is 5.41. The second-order valence-electron chi connectivity index (χ2n) is 5.27. The molecule has 0 atom stereocenters. The normalized spacial score (nSPS) is 15.5. The van der Waals surface area contributed by atoms with Crippen LogP contribution in [-0.2, 0) is 5.75 Å². The number of thiophene rings is 1. The van der Waals surface area contributed by atoms with E-state index in [4.69, 9.17) is 4.52 Å². The first-order valence-corrected chi connectivity index (χ1v) is 9.93. The molecule has 4 rings (SSSR count). The van der Waals surface area contributed by atoms with Crippen molar-refractivity contribution in [3.8, 4) is 10.7 Å². The number of rotatable bonds is 5. The molecular formula is C13H13BrN6OS2. The fraction of sp³-hybridized carbons (Fsp3) is 0.462. The lowest BCUT2D eigenvalue weighted by molar-refractivity contribution is 0.391. The zero-order valence-electron chi connectivity index (χ0n) is 12.1. The van der Waals surface area contributed by atoms with Crippen LogP contribution in [0.25, 0.3) is 10.7 Å². The first-order valence-electron chi connectivity index (χ1n) is 7.27. The Morgan fingerprint density at radius 1 is 1.39 bits per heavy atom. The van der Waals surface area contributed by atoms with Crippen LogP contribution in [0.4, 0.5) is 0 Å². The minimum atomic E-state index is 0.425. The predicted molar refractivity (Wildman–Crippen MR) is 90.2 cm³/mol. The van der Waals surface area contributed by atoms with E-state index in [0.717, 1.165) is 27.3 Å². The van der Waals surface area contributed by atoms with Crippen LogP contribution in [-0.4, -0.2) is 30.3 Å². The van der Waals surface area contributed by atoms with Crippen LogP contribution in [0.2, 0.25) is 0 Å². The van der Waals surface area contributed by atoms with Gasteiger partial charge in [0.05, 0.1) is 16.7 Å². The quantitative estimate of drug-likeness (QED) is 0.586. The van der Waals surface area contributed by atoms with Crippen LogP contribution in [0.5, 0.6) is 0 Å². The molecule has 3 heterocycles. The Hall–Kier alpha value is -1.26. The SMILES string of the molecule is Brc1csc(-c2noc(CSc3nnnn3C3CCCC3)n2)c1. The van der Waals surface area contributed by atoms with Crippen LogP contribution in [0.1, 0.15) is 37.6 Å². The monoisotopic (exact) mass is 412 g/mol. The van der Waals surface area contributed by atoms with Crippen LogP contribution in [0.15, 0.2) is 25.6 Å². The summed E-state index contributed by atoms with van der Waals surface area (Å²) in [6, 6.07) is 2.40. The zero-order chi connectivity index (χ0) is 15.6. The van der Waals surface area contributed by atoms with Gasteiger partial charge in [-0.25, -0.2) is 4.68 Å². The van der Waals surface area contributed by atoms with Crippen molar-refractivity contribution in [1.29, 1.82) is 0 Å². The van der Waals surface area contributed by atoms with Crippen LogP contribution in [0.3, 0.4) is 0 Å². The minimum Gasteiger partial charge on any atom is -0.338 e. The summed E-state index contributed by atoms with van der Waals surface area (Å²) in [5.41, 5.74) is 0. The molecule has 0 spiro atoms. The van der Waals surface area contributed by atoms with Crippen LogP contribution in [0, 0.1) is 0 Å². The van der Waals surface area contributed by atoms with Crippen molar-refractivity contribution in [2.45, 2.75) is 42.6 Å². The second-order valence-corrected chi connectivity index (χ2v) is 8.04. The lowest BCUT2D eigenvalue weighted by Gasteiger charge is -2.09. The molecule has 3 aromatic heterocycles. The van der Waals surface area contributed by atoms with Crippen molar-refractivity contribution in [2.75, 3.05) is 0 Å². The zero-order valence-corrected chi connectivity index (χ0v) is 15.3. The molecule has 0 unspecified atom stereocenters. The summed E-state index contributed by atoms with van der Waals surface area (Å²) in [6.07, 6.45) is 4.79. The lowest BCUT2D eigenvalue weighted by Crippen LogP contribution is -2.08. The molecule has 0 amide bonds. The van der Waals surface area contributed by atoms with E-state index in [1.807, 2.05) is 16.1 Å². The van der Waals surface area contributed by atoms with Gasteiger partial charge in [0.1, 0.15) is 0 Å². The highest BCUT2D eigenvalue weighted by Crippen LogP contribution is 2.32. The fourth-order valence-corrected chi connectivity index (χ4v) is 4.76. The number of hydrogen-bond donors (Lipinski definition) is 0. The van der Waals surface area contributed by atoms with Gasteiger partial charge in [-0.1, -0.05) is 29.8 Å². The molecule has 23 heavy (non-hydrogen) atoms. The smallest absolute Gasteiger partial charge is 0.237 e. The molecular weight excluding hydrogens is 400 g/mol. The number of hydrogen-bond acceptors (Lipinski definition) is 8. The summed E-state index contributed by atoms with van der Waals surface area (Å²) in [7, 11) is 0. The third-order valence-electron chi connectivity index (χ3n) is 3.71. The number of aromatic nitrogens is 6. The number of halogens is 1. The van der Waals surface area contributed by atoms with Gasteiger partial charge in [0, 0.05) is 9.85 Å². The highest BCUT2D eigenvalue weighted by atomic mass is 79.9. The third-order valence-corrected chi connectivity index (χ3v) is 6.32. The maximum absolute atomic E-state index is 5.32. The fourth-order valence-electron chi connectivity index (χ4n) is 2.63. The van der Waals surface area contributed by atoms with E-state index < -0.39 is 0 Å². The highest BCUT2D eigenvalue weighted by molar-refractivity contribution is 9.10. The van der Waals surface area contributed by atoms with Gasteiger partial charge >= 0.3 is 0 Å². The van der Waals surface area contributed by atoms with Gasteiger partial charge in [-0.15, -0.1) is 16.4 Å². The maximum atomic E-state index is 5.32. The summed E-state index contributed by atoms with van der Waals surface area (Å²) in [5, 5.41) is 18.9. The molecule has 1 aliphatic carbocycles. The van der Waals surface area contributed by atoms with Crippen molar-refractivity contribution in [3.05, 3.63) is 21.8 Å². The third kappa shape index (κ3) is 3.33. The number of nitrogens with zero attached hydrogens (tertiary/aromatic N) is 6. The molecule has 1 saturated carbocycles. The Labute approximate surface area is 149 Å². The maximum Gasteiger partial charge on any atom is 0.237 e. The lowest BCUT2D eigenvalue weighted by atomic mass is 10.3. The van der Waals surface area contributed by atoms with E-state index in [1.165, 1.54) is 24.6 Å². The van der Waals surface area contributed by atoms with E-state index in [9.17, 15) is 0 Å². The van der Waals surface area contributed by atoms with Crippen LogP contribution >= 0.6 is 39.0 Å². The van der Waals surface area contributed by atoms with Gasteiger partial charge in [0.15, 0.2) is 0 Å². The van der Waals surface area contributed by atoms with Gasteiger partial charge < -0.3 is 4.52 Å². The molecule has 0 radical (unpaired) electrons. The van der Waals surface area contributed by atoms with Crippen molar-refractivity contribution in [1.82, 2.24) is 30.3 Å². The Kier molecular flexibility index (Phi) is 4.45. The second kappa shape index (κ2) is 6.70. The topological polar surface area (TPSA) is 82.5 Å². The highest BCUT2D eigenvalue weighted by Gasteiger charge is 2.22. The van der Waals surface area contributed by atoms with Gasteiger partial charge in [-0.2, -0.15) is 4.98 Å². The van der Waals surface area contributed by atoms with Crippen molar-refractivity contribution in [2.24, 2.45) is 0 Å². The molecule has 7 nitrogen and oxygen atoms in total. The number of thioether (sulfide) groups is 1. The molecule has 1 fully saturated rings. The van der Waals surface area contributed by atoms with E-state index in [-0.39, 0.29) is 0 Å². The molecule has 0 aromatic carbocycles. The average Bonchev–Trinajstić information content (AvgIpc) is 3.31. The van der Waals surface area contributed by atoms with E-state index in [2.05, 4.69) is 41.6 Å². The van der Waals surface area contributed by atoms with Gasteiger partial charge in [0.25, 0.3) is 0 Å². The Morgan fingerprint density at radius 3 is 3.04 bits per heavy atom. The summed E-state index contributed by atoms with van der Waals surface area (Å²) in [6.45, 7) is 0. The van der Waals surface area contributed by atoms with E-state index >= 15 is 0 Å². The summed E-state index contributed by atoms with van der Waals surface area (Å²) >= 11 is 6.54. The first kappa shape index (κ1) is 15.3. The molecule has 0 aliphatic heterocycles. The molecule has 0 saturated heterocycles. The minimum absolute atomic E-state index is 0.425. The molecule has 1 aliphatic rings. The molecule has 120 valence electrons. The summed E-state index contributed by atoms with van der Waals surface area (Å²) in [5.74, 6) is 1.76. The Morgan fingerprint density at radius 2 is 2.26 bits per heavy atom. The van der Waals surface area contributed by atoms with E-state index in [0.29, 0.717) is 23.5 Å². The Balaban J connectivity index is 1.44. The van der Waals surface area contributed by atoms with Crippen LogP contribution < -0.4 is 0 Å². The summed E-state index contributed by atoms with van der Waals surface area (Å²) < 4.78 is 8.28. The van der Waals surface area contributed by atoms with Crippen molar-refractivity contribution >= 4 is 39.0 Å².